The van der Waals surface area contributed by atoms with Crippen molar-refractivity contribution >= 4 is 33.8 Å². The van der Waals surface area contributed by atoms with Crippen LogP contribution in [0, 0.1) is 6.92 Å². The van der Waals surface area contributed by atoms with Gasteiger partial charge in [-0.2, -0.15) is 0 Å². The molecule has 0 N–H and O–H groups in total. The number of fused-ring (bicyclic) bond motifs is 3. The van der Waals surface area contributed by atoms with Crippen molar-refractivity contribution in [1.82, 2.24) is 24.4 Å². The van der Waals surface area contributed by atoms with Crippen LogP contribution in [0.5, 0.6) is 0 Å². The summed E-state index contributed by atoms with van der Waals surface area (Å²) in [7, 11) is 0. The van der Waals surface area contributed by atoms with Crippen LogP contribution in [0.15, 0.2) is 45.9 Å². The van der Waals surface area contributed by atoms with Crippen LogP contribution in [-0.2, 0) is 11.3 Å². The van der Waals surface area contributed by atoms with Crippen molar-refractivity contribution in [2.75, 3.05) is 31.1 Å². The number of aryl methyl sites for hydroxylation is 1. The van der Waals surface area contributed by atoms with Crippen molar-refractivity contribution in [1.29, 1.82) is 0 Å². The first-order valence-electron chi connectivity index (χ1n) is 11.2. The van der Waals surface area contributed by atoms with Gasteiger partial charge in [0.15, 0.2) is 0 Å². The number of para-hydroxylation sites is 1. The monoisotopic (exact) mass is 446 g/mol. The molecule has 0 radical (unpaired) electrons. The summed E-state index contributed by atoms with van der Waals surface area (Å²) in [5.41, 5.74) is 1.90. The van der Waals surface area contributed by atoms with E-state index >= 15 is 0 Å². The number of nitrogens with zero attached hydrogens (tertiary/aromatic N) is 6. The number of aromatic nitrogens is 4. The van der Waals surface area contributed by atoms with Gasteiger partial charge in [-0.1, -0.05) is 26.0 Å². The van der Waals surface area contributed by atoms with E-state index < -0.39 is 0 Å². The molecule has 1 aliphatic heterocycles. The molecular weight excluding hydrogens is 420 g/mol. The van der Waals surface area contributed by atoms with E-state index in [4.69, 9.17) is 9.40 Å². The number of hydrogen-bond acceptors (Lipinski definition) is 7. The van der Waals surface area contributed by atoms with E-state index in [1.807, 2.05) is 31.2 Å². The molecule has 0 saturated carbocycles. The van der Waals surface area contributed by atoms with Crippen LogP contribution >= 0.6 is 0 Å². The molecule has 4 heterocycles. The molecule has 1 amide bonds. The minimum Gasteiger partial charge on any atom is -0.448 e. The van der Waals surface area contributed by atoms with Gasteiger partial charge in [-0.05, 0) is 19.1 Å². The van der Waals surface area contributed by atoms with E-state index in [-0.39, 0.29) is 29.5 Å². The van der Waals surface area contributed by atoms with E-state index in [1.54, 1.807) is 11.0 Å². The molecule has 1 aliphatic rings. The molecule has 3 aromatic heterocycles. The Labute approximate surface area is 190 Å². The summed E-state index contributed by atoms with van der Waals surface area (Å²) < 4.78 is 7.03. The van der Waals surface area contributed by atoms with Gasteiger partial charge in [0.2, 0.25) is 11.5 Å². The third kappa shape index (κ3) is 3.94. The molecule has 0 unspecified atom stereocenters. The minimum absolute atomic E-state index is 0.0665. The van der Waals surface area contributed by atoms with Gasteiger partial charge in [0.05, 0.1) is 6.33 Å². The van der Waals surface area contributed by atoms with E-state index in [2.05, 4.69) is 28.7 Å². The number of benzene rings is 1. The van der Waals surface area contributed by atoms with Crippen LogP contribution in [0.2, 0.25) is 0 Å². The lowest BCUT2D eigenvalue weighted by molar-refractivity contribution is -0.132. The number of hydrogen-bond donors (Lipinski definition) is 0. The predicted octanol–water partition coefficient (Wildman–Crippen LogP) is 2.71. The molecule has 5 rings (SSSR count). The lowest BCUT2D eigenvalue weighted by Gasteiger charge is -2.35. The predicted molar refractivity (Wildman–Crippen MR) is 125 cm³/mol. The van der Waals surface area contributed by atoms with Gasteiger partial charge in [0, 0.05) is 49.2 Å². The molecule has 4 aromatic rings. The van der Waals surface area contributed by atoms with Gasteiger partial charge < -0.3 is 14.2 Å². The third-order valence-electron chi connectivity index (χ3n) is 5.99. The highest BCUT2D eigenvalue weighted by Gasteiger charge is 2.24. The van der Waals surface area contributed by atoms with Crippen LogP contribution in [0.1, 0.15) is 31.3 Å². The molecule has 33 heavy (non-hydrogen) atoms. The zero-order valence-corrected chi connectivity index (χ0v) is 19.0. The summed E-state index contributed by atoms with van der Waals surface area (Å²) in [6.07, 6.45) is 1.43. The Bertz CT molecular complexity index is 1400. The van der Waals surface area contributed by atoms with Gasteiger partial charge >= 0.3 is 0 Å². The Hall–Kier alpha value is -3.75. The highest BCUT2D eigenvalue weighted by molar-refractivity contribution is 6.01. The van der Waals surface area contributed by atoms with Gasteiger partial charge in [-0.3, -0.25) is 14.2 Å². The highest BCUT2D eigenvalue weighted by atomic mass is 16.3. The second-order valence-corrected chi connectivity index (χ2v) is 8.70. The molecule has 1 fully saturated rings. The van der Waals surface area contributed by atoms with E-state index in [0.29, 0.717) is 37.3 Å². The van der Waals surface area contributed by atoms with Crippen molar-refractivity contribution in [3.8, 4) is 0 Å². The smallest absolute Gasteiger partial charge is 0.297 e. The molecule has 1 aromatic carbocycles. The third-order valence-corrected chi connectivity index (χ3v) is 5.99. The normalized spacial score (nSPS) is 14.5. The summed E-state index contributed by atoms with van der Waals surface area (Å²) in [6, 6.07) is 9.37. The second kappa shape index (κ2) is 8.31. The zero-order chi connectivity index (χ0) is 23.1. The van der Waals surface area contributed by atoms with Crippen LogP contribution in [-0.4, -0.2) is 56.5 Å². The quantitative estimate of drug-likeness (QED) is 0.475. The maximum Gasteiger partial charge on any atom is 0.297 e. The minimum atomic E-state index is -0.346. The Balaban J connectivity index is 1.29. The molecule has 0 bridgehead atoms. The van der Waals surface area contributed by atoms with Gasteiger partial charge in [-0.15, -0.1) is 0 Å². The number of furan rings is 1. The van der Waals surface area contributed by atoms with Crippen molar-refractivity contribution in [3.63, 3.8) is 0 Å². The Morgan fingerprint density at radius 3 is 2.64 bits per heavy atom. The summed E-state index contributed by atoms with van der Waals surface area (Å²) in [5, 5.41) is 0.791. The fraction of sp³-hybridized carbons (Fsp3) is 0.375. The van der Waals surface area contributed by atoms with Crippen LogP contribution in [0.4, 0.5) is 5.82 Å². The first-order valence-corrected chi connectivity index (χ1v) is 11.2. The van der Waals surface area contributed by atoms with Gasteiger partial charge in [0.25, 0.3) is 5.56 Å². The number of anilines is 1. The highest BCUT2D eigenvalue weighted by Crippen LogP contribution is 2.24. The average molecular weight is 447 g/mol. The summed E-state index contributed by atoms with van der Waals surface area (Å²) in [6.45, 7) is 8.54. The Morgan fingerprint density at radius 2 is 1.88 bits per heavy atom. The molecule has 0 atom stereocenters. The SMILES string of the molecule is Cc1cc(N2CCN(C(=O)Cn3cnc4c(oc5ccccc54)c3=O)CC2)nc(C(C)C)n1. The van der Waals surface area contributed by atoms with Crippen molar-refractivity contribution in [3.05, 3.63) is 58.5 Å². The fourth-order valence-corrected chi connectivity index (χ4v) is 4.15. The van der Waals surface area contributed by atoms with Crippen molar-refractivity contribution in [2.45, 2.75) is 33.2 Å². The van der Waals surface area contributed by atoms with Gasteiger partial charge in [0.1, 0.15) is 29.3 Å². The van der Waals surface area contributed by atoms with E-state index in [9.17, 15) is 9.59 Å². The largest absolute Gasteiger partial charge is 0.448 e. The molecular formula is C24H26N6O3. The first-order chi connectivity index (χ1) is 15.9. The second-order valence-electron chi connectivity index (χ2n) is 8.70. The topological polar surface area (TPSA) is 97.4 Å². The zero-order valence-electron chi connectivity index (χ0n) is 19.0. The summed E-state index contributed by atoms with van der Waals surface area (Å²) in [4.78, 5) is 43.4. The fourth-order valence-electron chi connectivity index (χ4n) is 4.15. The Morgan fingerprint density at radius 1 is 1.12 bits per heavy atom. The number of carbonyl (C=O) groups excluding carboxylic acids is 1. The standard InChI is InChI=1S/C24H26N6O3/c1-15(2)23-26-16(3)12-19(27-23)28-8-10-29(11-9-28)20(31)13-30-14-25-21-17-6-4-5-7-18(17)33-22(21)24(30)32/h4-7,12,14-15H,8-11,13H2,1-3H3. The molecule has 170 valence electrons. The maximum atomic E-state index is 12.9. The number of piperazine rings is 1. The lowest BCUT2D eigenvalue weighted by atomic mass is 10.2. The van der Waals surface area contributed by atoms with Crippen molar-refractivity contribution in [2.24, 2.45) is 0 Å². The van der Waals surface area contributed by atoms with E-state index in [0.717, 1.165) is 22.7 Å². The molecule has 1 saturated heterocycles. The molecule has 9 heteroatoms. The van der Waals surface area contributed by atoms with Crippen molar-refractivity contribution < 1.29 is 9.21 Å². The number of rotatable bonds is 4. The van der Waals surface area contributed by atoms with Crippen LogP contribution < -0.4 is 10.5 Å². The number of amides is 1. The maximum absolute atomic E-state index is 12.9. The molecule has 0 spiro atoms. The Kier molecular flexibility index (Phi) is 5.32. The first kappa shape index (κ1) is 21.1. The van der Waals surface area contributed by atoms with Crippen LogP contribution in [0.3, 0.4) is 0 Å². The average Bonchev–Trinajstić information content (AvgIpc) is 3.20. The summed E-state index contributed by atoms with van der Waals surface area (Å²) in [5.74, 6) is 1.86. The molecule has 9 nitrogen and oxygen atoms in total. The summed E-state index contributed by atoms with van der Waals surface area (Å²) >= 11 is 0. The lowest BCUT2D eigenvalue weighted by Crippen LogP contribution is -2.50. The number of carbonyl (C=O) groups is 1. The van der Waals surface area contributed by atoms with Crippen LogP contribution in [0.25, 0.3) is 22.1 Å². The van der Waals surface area contributed by atoms with E-state index in [1.165, 1.54) is 10.9 Å². The molecule has 0 aliphatic carbocycles. The van der Waals surface area contributed by atoms with Gasteiger partial charge in [-0.25, -0.2) is 15.0 Å².